The Morgan fingerprint density at radius 2 is 1.91 bits per heavy atom. The number of para-hydroxylation sites is 1. The number of nitrogens with one attached hydrogen (secondary N) is 1. The molecule has 1 saturated carbocycles. The zero-order valence-electron chi connectivity index (χ0n) is 13.8. The van der Waals surface area contributed by atoms with Crippen LogP contribution in [0.4, 0.5) is 0 Å². The van der Waals surface area contributed by atoms with Crippen molar-refractivity contribution in [3.05, 3.63) is 29.8 Å². The van der Waals surface area contributed by atoms with E-state index in [4.69, 9.17) is 4.74 Å². The van der Waals surface area contributed by atoms with E-state index < -0.39 is 0 Å². The Balaban J connectivity index is 1.87. The number of ether oxygens (including phenoxy) is 1. The third-order valence-electron chi connectivity index (χ3n) is 4.33. The fraction of sp³-hybridized carbons (Fsp3) is 0.632. The number of hydrogen-bond acceptors (Lipinski definition) is 2. The van der Waals surface area contributed by atoms with E-state index in [0.29, 0.717) is 24.0 Å². The van der Waals surface area contributed by atoms with Crippen molar-refractivity contribution in [2.75, 3.05) is 6.61 Å². The van der Waals surface area contributed by atoms with E-state index >= 15 is 0 Å². The highest BCUT2D eigenvalue weighted by molar-refractivity contribution is 5.97. The molecule has 0 spiro atoms. The van der Waals surface area contributed by atoms with Crippen LogP contribution in [0.3, 0.4) is 0 Å². The lowest BCUT2D eigenvalue weighted by molar-refractivity contribution is 0.0923. The van der Waals surface area contributed by atoms with Crippen LogP contribution < -0.4 is 10.1 Å². The first kappa shape index (κ1) is 16.9. The van der Waals surface area contributed by atoms with Crippen molar-refractivity contribution < 1.29 is 9.53 Å². The lowest BCUT2D eigenvalue weighted by atomic mass is 9.95. The first-order valence-electron chi connectivity index (χ1n) is 8.84. The molecule has 1 aliphatic rings. The Labute approximate surface area is 134 Å². The summed E-state index contributed by atoms with van der Waals surface area (Å²) in [4.78, 5) is 12.5. The van der Waals surface area contributed by atoms with Crippen molar-refractivity contribution in [2.24, 2.45) is 0 Å². The third kappa shape index (κ3) is 5.36. The number of carbonyl (C=O) groups excluding carboxylic acids is 1. The minimum atomic E-state index is 0.0102. The van der Waals surface area contributed by atoms with Gasteiger partial charge in [0.15, 0.2) is 0 Å². The van der Waals surface area contributed by atoms with Crippen molar-refractivity contribution in [1.29, 1.82) is 0 Å². The molecule has 3 nitrogen and oxygen atoms in total. The second-order valence-corrected chi connectivity index (χ2v) is 6.21. The Morgan fingerprint density at radius 3 is 2.68 bits per heavy atom. The lowest BCUT2D eigenvalue weighted by Crippen LogP contribution is -2.36. The van der Waals surface area contributed by atoms with Gasteiger partial charge < -0.3 is 10.1 Å². The van der Waals surface area contributed by atoms with Crippen molar-refractivity contribution in [1.82, 2.24) is 5.32 Å². The number of hydrogen-bond donors (Lipinski definition) is 1. The lowest BCUT2D eigenvalue weighted by Gasteiger charge is -2.23. The van der Waals surface area contributed by atoms with Crippen LogP contribution in [-0.2, 0) is 0 Å². The van der Waals surface area contributed by atoms with E-state index in [0.717, 1.165) is 19.3 Å². The average Bonchev–Trinajstić information content (AvgIpc) is 2.56. The highest BCUT2D eigenvalue weighted by Gasteiger charge is 2.18. The molecule has 1 aromatic rings. The maximum absolute atomic E-state index is 12.5. The second kappa shape index (κ2) is 9.50. The normalized spacial score (nSPS) is 15.5. The summed E-state index contributed by atoms with van der Waals surface area (Å²) in [5, 5.41) is 3.17. The number of benzene rings is 1. The van der Waals surface area contributed by atoms with Crippen LogP contribution in [0.25, 0.3) is 0 Å². The first-order valence-corrected chi connectivity index (χ1v) is 8.84. The van der Waals surface area contributed by atoms with Gasteiger partial charge in [0.05, 0.1) is 12.2 Å². The van der Waals surface area contributed by atoms with Crippen LogP contribution in [0.15, 0.2) is 24.3 Å². The van der Waals surface area contributed by atoms with Gasteiger partial charge in [-0.1, -0.05) is 57.6 Å². The van der Waals surface area contributed by atoms with Crippen LogP contribution in [0.1, 0.15) is 75.1 Å². The van der Waals surface area contributed by atoms with E-state index in [2.05, 4.69) is 12.2 Å². The summed E-state index contributed by atoms with van der Waals surface area (Å²) in [6.45, 7) is 2.89. The van der Waals surface area contributed by atoms with Crippen LogP contribution >= 0.6 is 0 Å². The molecule has 0 atom stereocenters. The molecule has 0 saturated heterocycles. The zero-order valence-corrected chi connectivity index (χ0v) is 13.8. The molecular weight excluding hydrogens is 274 g/mol. The van der Waals surface area contributed by atoms with Gasteiger partial charge in [-0.15, -0.1) is 0 Å². The smallest absolute Gasteiger partial charge is 0.255 e. The summed E-state index contributed by atoms with van der Waals surface area (Å²) in [7, 11) is 0. The second-order valence-electron chi connectivity index (χ2n) is 6.21. The van der Waals surface area contributed by atoms with Gasteiger partial charge in [-0.3, -0.25) is 4.79 Å². The van der Waals surface area contributed by atoms with E-state index in [-0.39, 0.29) is 5.91 Å². The molecule has 0 unspecified atom stereocenters. The molecule has 1 amide bonds. The van der Waals surface area contributed by atoms with Gasteiger partial charge >= 0.3 is 0 Å². The summed E-state index contributed by atoms with van der Waals surface area (Å²) in [5.74, 6) is 0.725. The van der Waals surface area contributed by atoms with Gasteiger partial charge in [-0.25, -0.2) is 0 Å². The molecule has 22 heavy (non-hydrogen) atoms. The molecule has 1 fully saturated rings. The number of unbranched alkanes of at least 4 members (excludes halogenated alkanes) is 3. The molecule has 1 aliphatic carbocycles. The molecule has 3 heteroatoms. The predicted octanol–water partition coefficient (Wildman–Crippen LogP) is 4.71. The minimum absolute atomic E-state index is 0.0102. The van der Waals surface area contributed by atoms with Crippen molar-refractivity contribution in [2.45, 2.75) is 70.8 Å². The van der Waals surface area contributed by atoms with E-state index in [1.54, 1.807) is 0 Å². The Morgan fingerprint density at radius 1 is 1.14 bits per heavy atom. The van der Waals surface area contributed by atoms with Gasteiger partial charge in [0.1, 0.15) is 5.75 Å². The fourth-order valence-electron chi connectivity index (χ4n) is 3.00. The maximum Gasteiger partial charge on any atom is 0.255 e. The topological polar surface area (TPSA) is 38.3 Å². The quantitative estimate of drug-likeness (QED) is 0.706. The van der Waals surface area contributed by atoms with Crippen molar-refractivity contribution in [3.8, 4) is 5.75 Å². The number of carbonyl (C=O) groups is 1. The highest BCUT2D eigenvalue weighted by Crippen LogP contribution is 2.21. The maximum atomic E-state index is 12.5. The molecule has 0 bridgehead atoms. The monoisotopic (exact) mass is 303 g/mol. The van der Waals surface area contributed by atoms with E-state index in [1.165, 1.54) is 38.5 Å². The van der Waals surface area contributed by atoms with Crippen LogP contribution in [-0.4, -0.2) is 18.6 Å². The third-order valence-corrected chi connectivity index (χ3v) is 4.33. The summed E-state index contributed by atoms with van der Waals surface area (Å²) in [5.41, 5.74) is 0.670. The molecule has 1 N–H and O–H groups in total. The van der Waals surface area contributed by atoms with Crippen molar-refractivity contribution in [3.63, 3.8) is 0 Å². The van der Waals surface area contributed by atoms with Gasteiger partial charge in [0, 0.05) is 6.04 Å². The van der Waals surface area contributed by atoms with E-state index in [1.807, 2.05) is 24.3 Å². The van der Waals surface area contributed by atoms with Crippen LogP contribution in [0.2, 0.25) is 0 Å². The summed E-state index contributed by atoms with van der Waals surface area (Å²) < 4.78 is 5.83. The van der Waals surface area contributed by atoms with E-state index in [9.17, 15) is 4.79 Å². The molecule has 1 aromatic carbocycles. The number of rotatable bonds is 8. The molecule has 122 valence electrons. The minimum Gasteiger partial charge on any atom is -0.493 e. The Bertz CT molecular complexity index is 453. The molecule has 0 radical (unpaired) electrons. The van der Waals surface area contributed by atoms with Crippen molar-refractivity contribution >= 4 is 5.91 Å². The van der Waals surface area contributed by atoms with Gasteiger partial charge in [0.25, 0.3) is 5.91 Å². The standard InChI is InChI=1S/C19H29NO2/c1-2-3-4-10-15-22-18-14-9-8-13-17(18)19(21)20-16-11-6-5-7-12-16/h8-9,13-14,16H,2-7,10-12,15H2,1H3,(H,20,21). The Kier molecular flexibility index (Phi) is 7.27. The van der Waals surface area contributed by atoms with Crippen LogP contribution in [0, 0.1) is 0 Å². The van der Waals surface area contributed by atoms with Gasteiger partial charge in [-0.2, -0.15) is 0 Å². The first-order chi connectivity index (χ1) is 10.8. The molecule has 0 aromatic heterocycles. The molecular formula is C19H29NO2. The van der Waals surface area contributed by atoms with Crippen LogP contribution in [0.5, 0.6) is 5.75 Å². The largest absolute Gasteiger partial charge is 0.493 e. The Hall–Kier alpha value is -1.51. The summed E-state index contributed by atoms with van der Waals surface area (Å²) in [6.07, 6.45) is 10.6. The number of amides is 1. The molecule has 2 rings (SSSR count). The summed E-state index contributed by atoms with van der Waals surface area (Å²) >= 11 is 0. The van der Waals surface area contributed by atoms with Gasteiger partial charge in [0.2, 0.25) is 0 Å². The van der Waals surface area contributed by atoms with Gasteiger partial charge in [-0.05, 0) is 31.4 Å². The average molecular weight is 303 g/mol. The molecule has 0 heterocycles. The molecule has 0 aliphatic heterocycles. The highest BCUT2D eigenvalue weighted by atomic mass is 16.5. The SMILES string of the molecule is CCCCCCOc1ccccc1C(=O)NC1CCCCC1. The summed E-state index contributed by atoms with van der Waals surface area (Å²) in [6, 6.07) is 7.92. The fourth-order valence-corrected chi connectivity index (χ4v) is 3.00. The predicted molar refractivity (Wildman–Crippen MR) is 90.4 cm³/mol. The zero-order chi connectivity index (χ0) is 15.6.